The number of hydrogen-bond acceptors (Lipinski definition) is 6. The van der Waals surface area contributed by atoms with Crippen LogP contribution in [0.25, 0.3) is 0 Å². The van der Waals surface area contributed by atoms with Crippen molar-refractivity contribution in [2.24, 2.45) is 5.10 Å². The Bertz CT molecular complexity index is 1100. The minimum Gasteiger partial charge on any atom is -0.497 e. The molecule has 1 unspecified atom stereocenters. The number of carbonyl (C=O) groups excluding carboxylic acids is 2. The van der Waals surface area contributed by atoms with Crippen molar-refractivity contribution in [2.75, 3.05) is 13.7 Å². The predicted octanol–water partition coefficient (Wildman–Crippen LogP) is 4.13. The summed E-state index contributed by atoms with van der Waals surface area (Å²) in [5, 5.41) is 5.98. The number of esters is 1. The Kier molecular flexibility index (Phi) is 5.84. The number of furan rings is 1. The van der Waals surface area contributed by atoms with Crippen LogP contribution in [0, 0.1) is 6.92 Å². The minimum atomic E-state index is -0.605. The summed E-state index contributed by atoms with van der Waals surface area (Å²) in [6, 6.07) is 18.4. The van der Waals surface area contributed by atoms with E-state index in [1.165, 1.54) is 17.3 Å². The first-order valence-corrected chi connectivity index (χ1v) is 9.87. The first-order valence-electron chi connectivity index (χ1n) is 9.87. The fourth-order valence-electron chi connectivity index (χ4n) is 3.50. The van der Waals surface area contributed by atoms with Gasteiger partial charge in [0.05, 0.1) is 25.1 Å². The third-order valence-electron chi connectivity index (χ3n) is 5.18. The van der Waals surface area contributed by atoms with Crippen LogP contribution in [0.1, 0.15) is 39.7 Å². The van der Waals surface area contributed by atoms with E-state index in [4.69, 9.17) is 13.9 Å². The zero-order valence-corrected chi connectivity index (χ0v) is 17.3. The lowest BCUT2D eigenvalue weighted by Gasteiger charge is -2.22. The van der Waals surface area contributed by atoms with Gasteiger partial charge in [-0.3, -0.25) is 4.79 Å². The molecule has 7 heteroatoms. The molecule has 0 spiro atoms. The number of amides is 1. The van der Waals surface area contributed by atoms with Crippen LogP contribution in [0.4, 0.5) is 0 Å². The van der Waals surface area contributed by atoms with Gasteiger partial charge in [0.2, 0.25) is 0 Å². The number of ether oxygens (including phenoxy) is 2. The molecule has 3 aromatic rings. The highest BCUT2D eigenvalue weighted by Crippen LogP contribution is 2.33. The fourth-order valence-corrected chi connectivity index (χ4v) is 3.50. The van der Waals surface area contributed by atoms with Crippen LogP contribution in [0.2, 0.25) is 0 Å². The molecule has 0 aliphatic carbocycles. The lowest BCUT2D eigenvalue weighted by Crippen LogP contribution is -2.31. The molecule has 1 aromatic heterocycles. The van der Waals surface area contributed by atoms with Crippen molar-refractivity contribution in [1.82, 2.24) is 5.01 Å². The maximum atomic E-state index is 13.0. The summed E-state index contributed by atoms with van der Waals surface area (Å²) < 4.78 is 15.6. The molecule has 0 bridgehead atoms. The van der Waals surface area contributed by atoms with Crippen molar-refractivity contribution >= 4 is 17.6 Å². The van der Waals surface area contributed by atoms with Crippen LogP contribution in [-0.4, -0.2) is 36.3 Å². The monoisotopic (exact) mass is 418 g/mol. The minimum absolute atomic E-state index is 0.300. The van der Waals surface area contributed by atoms with Gasteiger partial charge < -0.3 is 13.9 Å². The summed E-state index contributed by atoms with van der Waals surface area (Å²) in [5.74, 6) is 0.167. The van der Waals surface area contributed by atoms with Gasteiger partial charge in [-0.2, -0.15) is 5.10 Å². The molecule has 31 heavy (non-hydrogen) atoms. The normalized spacial score (nSPS) is 15.5. The van der Waals surface area contributed by atoms with E-state index in [1.807, 2.05) is 54.6 Å². The van der Waals surface area contributed by atoms with E-state index in [2.05, 4.69) is 5.10 Å². The van der Waals surface area contributed by atoms with Gasteiger partial charge >= 0.3 is 5.97 Å². The van der Waals surface area contributed by atoms with Gasteiger partial charge in [0.15, 0.2) is 6.61 Å². The van der Waals surface area contributed by atoms with Crippen molar-refractivity contribution < 1.29 is 23.5 Å². The number of rotatable bonds is 6. The number of nitrogens with zero attached hydrogens (tertiary/aromatic N) is 2. The number of benzene rings is 2. The van der Waals surface area contributed by atoms with E-state index >= 15 is 0 Å². The van der Waals surface area contributed by atoms with Crippen molar-refractivity contribution in [3.8, 4) is 5.75 Å². The zero-order chi connectivity index (χ0) is 21.8. The largest absolute Gasteiger partial charge is 0.497 e. The van der Waals surface area contributed by atoms with E-state index in [9.17, 15) is 9.59 Å². The summed E-state index contributed by atoms with van der Waals surface area (Å²) in [4.78, 5) is 25.2. The molecule has 158 valence electrons. The highest BCUT2D eigenvalue weighted by atomic mass is 16.5. The van der Waals surface area contributed by atoms with E-state index in [0.717, 1.165) is 22.6 Å². The van der Waals surface area contributed by atoms with Gasteiger partial charge in [0.25, 0.3) is 5.91 Å². The maximum absolute atomic E-state index is 13.0. The van der Waals surface area contributed by atoms with Crippen molar-refractivity contribution in [3.05, 3.63) is 89.4 Å². The van der Waals surface area contributed by atoms with Crippen LogP contribution in [0.3, 0.4) is 0 Å². The molecule has 0 fully saturated rings. The lowest BCUT2D eigenvalue weighted by atomic mass is 9.98. The molecule has 1 aliphatic rings. The Morgan fingerprint density at radius 1 is 1.10 bits per heavy atom. The highest BCUT2D eigenvalue weighted by molar-refractivity contribution is 6.03. The summed E-state index contributed by atoms with van der Waals surface area (Å²) in [6.45, 7) is 1.25. The fraction of sp³-hybridized carbons (Fsp3) is 0.208. The van der Waals surface area contributed by atoms with E-state index < -0.39 is 18.5 Å². The van der Waals surface area contributed by atoms with Gasteiger partial charge in [-0.25, -0.2) is 9.80 Å². The summed E-state index contributed by atoms with van der Waals surface area (Å²) in [7, 11) is 1.60. The predicted molar refractivity (Wildman–Crippen MR) is 114 cm³/mol. The number of methoxy groups -OCH3 is 1. The molecular formula is C24H22N2O5. The molecule has 7 nitrogen and oxygen atoms in total. The third-order valence-corrected chi connectivity index (χ3v) is 5.18. The molecule has 0 saturated heterocycles. The average molecular weight is 418 g/mol. The Balaban J connectivity index is 1.55. The Hall–Kier alpha value is -3.87. The average Bonchev–Trinajstić information content (AvgIpc) is 3.45. The molecule has 2 aromatic carbocycles. The smallest absolute Gasteiger partial charge is 0.342 e. The molecule has 4 rings (SSSR count). The zero-order valence-electron chi connectivity index (χ0n) is 17.3. The molecule has 0 saturated carbocycles. The molecule has 2 heterocycles. The van der Waals surface area contributed by atoms with E-state index in [0.29, 0.717) is 17.7 Å². The first-order chi connectivity index (χ1) is 15.1. The SMILES string of the molecule is COc1ccc(C2CC(c3ccccc3)=NN2C(=O)COC(=O)c2ccoc2C)cc1. The second-order valence-electron chi connectivity index (χ2n) is 7.11. The van der Waals surface area contributed by atoms with Crippen LogP contribution >= 0.6 is 0 Å². The van der Waals surface area contributed by atoms with Crippen molar-refractivity contribution in [1.29, 1.82) is 0 Å². The van der Waals surface area contributed by atoms with E-state index in [-0.39, 0.29) is 6.04 Å². The standard InChI is InChI=1S/C24H22N2O5/c1-16-20(12-13-30-16)24(28)31-15-23(27)26-22(18-8-10-19(29-2)11-9-18)14-21(25-26)17-6-4-3-5-7-17/h3-13,22H,14-15H2,1-2H3. The number of carbonyl (C=O) groups is 2. The molecule has 1 atom stereocenters. The van der Waals surface area contributed by atoms with Crippen molar-refractivity contribution in [3.63, 3.8) is 0 Å². The second kappa shape index (κ2) is 8.87. The number of aryl methyl sites for hydroxylation is 1. The second-order valence-corrected chi connectivity index (χ2v) is 7.11. The van der Waals surface area contributed by atoms with Gasteiger partial charge in [-0.1, -0.05) is 42.5 Å². The topological polar surface area (TPSA) is 81.3 Å². The maximum Gasteiger partial charge on any atom is 0.342 e. The first kappa shape index (κ1) is 20.4. The van der Waals surface area contributed by atoms with Gasteiger partial charge in [-0.15, -0.1) is 0 Å². The molecule has 0 radical (unpaired) electrons. The summed E-state index contributed by atoms with van der Waals surface area (Å²) in [5.41, 5.74) is 2.96. The van der Waals surface area contributed by atoms with Crippen LogP contribution in [-0.2, 0) is 9.53 Å². The molecule has 1 aliphatic heterocycles. The Labute approximate surface area is 179 Å². The summed E-state index contributed by atoms with van der Waals surface area (Å²) in [6.07, 6.45) is 1.96. The third kappa shape index (κ3) is 4.35. The van der Waals surface area contributed by atoms with Crippen LogP contribution < -0.4 is 4.74 Å². The molecular weight excluding hydrogens is 396 g/mol. The highest BCUT2D eigenvalue weighted by Gasteiger charge is 2.33. The van der Waals surface area contributed by atoms with E-state index in [1.54, 1.807) is 14.0 Å². The quantitative estimate of drug-likeness (QED) is 0.562. The van der Waals surface area contributed by atoms with Crippen LogP contribution in [0.5, 0.6) is 5.75 Å². The molecule has 0 N–H and O–H groups in total. The lowest BCUT2D eigenvalue weighted by molar-refractivity contribution is -0.136. The van der Waals surface area contributed by atoms with Crippen molar-refractivity contribution in [2.45, 2.75) is 19.4 Å². The Morgan fingerprint density at radius 3 is 2.48 bits per heavy atom. The Morgan fingerprint density at radius 2 is 1.84 bits per heavy atom. The number of hydrazone groups is 1. The van der Waals surface area contributed by atoms with Gasteiger partial charge in [0, 0.05) is 6.42 Å². The van der Waals surface area contributed by atoms with Gasteiger partial charge in [-0.05, 0) is 36.2 Å². The number of hydrogen-bond donors (Lipinski definition) is 0. The molecule has 1 amide bonds. The van der Waals surface area contributed by atoms with Crippen LogP contribution in [0.15, 0.2) is 76.4 Å². The summed E-state index contributed by atoms with van der Waals surface area (Å²) >= 11 is 0. The van der Waals surface area contributed by atoms with Gasteiger partial charge in [0.1, 0.15) is 17.1 Å².